The lowest BCUT2D eigenvalue weighted by Crippen LogP contribution is -2.25. The number of benzene rings is 1. The smallest absolute Gasteiger partial charge is 0.222 e. The first-order chi connectivity index (χ1) is 9.04. The number of nitrogens with zero attached hydrogens (tertiary/aromatic N) is 1. The third-order valence-electron chi connectivity index (χ3n) is 3.27. The van der Waals surface area contributed by atoms with Crippen molar-refractivity contribution in [1.82, 2.24) is 4.90 Å². The molecule has 0 aliphatic carbocycles. The van der Waals surface area contributed by atoms with Gasteiger partial charge in [0.2, 0.25) is 5.91 Å². The highest BCUT2D eigenvalue weighted by molar-refractivity contribution is 9.09. The Morgan fingerprint density at radius 2 is 1.84 bits per heavy atom. The minimum Gasteiger partial charge on any atom is -0.341 e. The van der Waals surface area contributed by atoms with Crippen LogP contribution in [0.1, 0.15) is 50.2 Å². The monoisotopic (exact) mass is 325 g/mol. The Hall–Kier alpha value is -0.830. The van der Waals surface area contributed by atoms with Gasteiger partial charge in [-0.25, -0.2) is 0 Å². The van der Waals surface area contributed by atoms with Crippen LogP contribution in [0.25, 0.3) is 0 Å². The molecule has 1 amide bonds. The first-order valence-electron chi connectivity index (χ1n) is 6.93. The molecule has 106 valence electrons. The molecule has 0 aliphatic heterocycles. The molecule has 0 heterocycles. The van der Waals surface area contributed by atoms with Gasteiger partial charge in [-0.05, 0) is 29.9 Å². The lowest BCUT2D eigenvalue weighted by Gasteiger charge is -2.17. The summed E-state index contributed by atoms with van der Waals surface area (Å²) >= 11 is 3.38. The fourth-order valence-electron chi connectivity index (χ4n) is 1.93. The largest absolute Gasteiger partial charge is 0.341 e. The summed E-state index contributed by atoms with van der Waals surface area (Å²) in [6, 6.07) is 8.56. The molecule has 0 radical (unpaired) electrons. The minimum absolute atomic E-state index is 0.230. The highest BCUT2D eigenvalue weighted by Gasteiger charge is 2.09. The van der Waals surface area contributed by atoms with Gasteiger partial charge in [-0.3, -0.25) is 4.79 Å². The van der Waals surface area contributed by atoms with Crippen molar-refractivity contribution in [3.63, 3.8) is 0 Å². The fraction of sp³-hybridized carbons (Fsp3) is 0.562. The van der Waals surface area contributed by atoms with Crippen molar-refractivity contribution in [1.29, 1.82) is 0 Å². The van der Waals surface area contributed by atoms with Crippen molar-refractivity contribution in [3.05, 3.63) is 35.4 Å². The third kappa shape index (κ3) is 5.77. The summed E-state index contributed by atoms with van der Waals surface area (Å²) in [7, 11) is 1.88. The first kappa shape index (κ1) is 16.2. The van der Waals surface area contributed by atoms with E-state index in [0.717, 1.165) is 18.2 Å². The van der Waals surface area contributed by atoms with E-state index in [2.05, 4.69) is 54.0 Å². The second-order valence-corrected chi connectivity index (χ2v) is 6.09. The van der Waals surface area contributed by atoms with Crippen LogP contribution in [0.5, 0.6) is 0 Å². The van der Waals surface area contributed by atoms with Crippen LogP contribution in [0, 0.1) is 0 Å². The number of hydrogen-bond donors (Lipinski definition) is 0. The average Bonchev–Trinajstić information content (AvgIpc) is 2.39. The molecule has 1 aromatic carbocycles. The number of unbranched alkanes of at least 4 members (excludes halogenated alkanes) is 1. The van der Waals surface area contributed by atoms with Gasteiger partial charge in [0.15, 0.2) is 0 Å². The zero-order valence-electron chi connectivity index (χ0n) is 12.2. The maximum atomic E-state index is 11.9. The lowest BCUT2D eigenvalue weighted by atomic mass is 10.0. The first-order valence-corrected chi connectivity index (χ1v) is 8.05. The number of amides is 1. The molecule has 0 saturated heterocycles. The standard InChI is InChI=1S/C16H24BrNO/c1-13(2)15-9-7-14(8-10-15)12-18(3)16(19)6-4-5-11-17/h7-10,13H,4-6,11-12H2,1-3H3. The number of carbonyl (C=O) groups is 1. The number of rotatable bonds is 7. The number of alkyl halides is 1. The van der Waals surface area contributed by atoms with E-state index in [9.17, 15) is 4.79 Å². The van der Waals surface area contributed by atoms with Crippen LogP contribution in [0.2, 0.25) is 0 Å². The van der Waals surface area contributed by atoms with Crippen LogP contribution in [0.15, 0.2) is 24.3 Å². The molecule has 0 aromatic heterocycles. The highest BCUT2D eigenvalue weighted by Crippen LogP contribution is 2.15. The van der Waals surface area contributed by atoms with Crippen LogP contribution in [0.4, 0.5) is 0 Å². The Morgan fingerprint density at radius 3 is 2.37 bits per heavy atom. The molecule has 3 heteroatoms. The lowest BCUT2D eigenvalue weighted by molar-refractivity contribution is -0.130. The van der Waals surface area contributed by atoms with Crippen molar-refractivity contribution in [2.24, 2.45) is 0 Å². The second kappa shape index (κ2) is 8.36. The predicted octanol–water partition coefficient (Wildman–Crippen LogP) is 4.33. The Balaban J connectivity index is 2.47. The molecule has 0 atom stereocenters. The van der Waals surface area contributed by atoms with E-state index in [4.69, 9.17) is 0 Å². The van der Waals surface area contributed by atoms with Gasteiger partial charge in [0, 0.05) is 25.3 Å². The number of halogens is 1. The van der Waals surface area contributed by atoms with E-state index in [1.165, 1.54) is 11.1 Å². The van der Waals surface area contributed by atoms with E-state index in [0.29, 0.717) is 18.9 Å². The Bertz CT molecular complexity index is 386. The molecule has 0 N–H and O–H groups in total. The van der Waals surface area contributed by atoms with Gasteiger partial charge in [0.1, 0.15) is 0 Å². The van der Waals surface area contributed by atoms with E-state index in [1.54, 1.807) is 0 Å². The molecule has 0 saturated carbocycles. The van der Waals surface area contributed by atoms with Gasteiger partial charge < -0.3 is 4.90 Å². The summed E-state index contributed by atoms with van der Waals surface area (Å²) in [6.07, 6.45) is 2.66. The molecular weight excluding hydrogens is 302 g/mol. The van der Waals surface area contributed by atoms with Crippen molar-refractivity contribution in [2.75, 3.05) is 12.4 Å². The summed E-state index contributed by atoms with van der Waals surface area (Å²) in [4.78, 5) is 13.7. The minimum atomic E-state index is 0.230. The van der Waals surface area contributed by atoms with Crippen molar-refractivity contribution >= 4 is 21.8 Å². The molecule has 1 rings (SSSR count). The summed E-state index contributed by atoms with van der Waals surface area (Å²) in [5.74, 6) is 0.784. The summed E-state index contributed by atoms with van der Waals surface area (Å²) in [5, 5.41) is 0.973. The van der Waals surface area contributed by atoms with Gasteiger partial charge in [-0.2, -0.15) is 0 Å². The Morgan fingerprint density at radius 1 is 1.21 bits per heavy atom. The van der Waals surface area contributed by atoms with Crippen LogP contribution in [-0.2, 0) is 11.3 Å². The zero-order valence-corrected chi connectivity index (χ0v) is 13.7. The Labute approximate surface area is 125 Å². The molecule has 2 nitrogen and oxygen atoms in total. The molecule has 19 heavy (non-hydrogen) atoms. The topological polar surface area (TPSA) is 20.3 Å². The van der Waals surface area contributed by atoms with Gasteiger partial charge in [0.05, 0.1) is 0 Å². The van der Waals surface area contributed by atoms with E-state index in [1.807, 2.05) is 11.9 Å². The summed E-state index contributed by atoms with van der Waals surface area (Å²) < 4.78 is 0. The van der Waals surface area contributed by atoms with E-state index in [-0.39, 0.29) is 5.91 Å². The molecular formula is C16H24BrNO. The van der Waals surface area contributed by atoms with Crippen molar-refractivity contribution in [3.8, 4) is 0 Å². The van der Waals surface area contributed by atoms with Gasteiger partial charge in [-0.1, -0.05) is 54.0 Å². The SMILES string of the molecule is CC(C)c1ccc(CN(C)C(=O)CCCCBr)cc1. The van der Waals surface area contributed by atoms with E-state index >= 15 is 0 Å². The maximum Gasteiger partial charge on any atom is 0.222 e. The maximum absolute atomic E-state index is 11.9. The quantitative estimate of drug-likeness (QED) is 0.539. The summed E-state index contributed by atoms with van der Waals surface area (Å²) in [5.41, 5.74) is 2.54. The van der Waals surface area contributed by atoms with E-state index < -0.39 is 0 Å². The third-order valence-corrected chi connectivity index (χ3v) is 3.83. The number of hydrogen-bond acceptors (Lipinski definition) is 1. The second-order valence-electron chi connectivity index (χ2n) is 5.29. The molecule has 0 fully saturated rings. The molecule has 0 bridgehead atoms. The van der Waals surface area contributed by atoms with Gasteiger partial charge >= 0.3 is 0 Å². The summed E-state index contributed by atoms with van der Waals surface area (Å²) in [6.45, 7) is 5.08. The van der Waals surface area contributed by atoms with Crippen LogP contribution in [-0.4, -0.2) is 23.2 Å². The van der Waals surface area contributed by atoms with Gasteiger partial charge in [-0.15, -0.1) is 0 Å². The van der Waals surface area contributed by atoms with Crippen molar-refractivity contribution in [2.45, 2.75) is 45.6 Å². The highest BCUT2D eigenvalue weighted by atomic mass is 79.9. The number of carbonyl (C=O) groups excluding carboxylic acids is 1. The molecule has 1 aromatic rings. The normalized spacial score (nSPS) is 10.8. The predicted molar refractivity (Wildman–Crippen MR) is 84.7 cm³/mol. The Kier molecular flexibility index (Phi) is 7.14. The fourth-order valence-corrected chi connectivity index (χ4v) is 2.33. The molecule has 0 aliphatic rings. The van der Waals surface area contributed by atoms with Crippen LogP contribution < -0.4 is 0 Å². The van der Waals surface area contributed by atoms with Crippen LogP contribution >= 0.6 is 15.9 Å². The molecule has 0 spiro atoms. The average molecular weight is 326 g/mol. The molecule has 0 unspecified atom stereocenters. The van der Waals surface area contributed by atoms with Crippen LogP contribution in [0.3, 0.4) is 0 Å². The van der Waals surface area contributed by atoms with Crippen molar-refractivity contribution < 1.29 is 4.79 Å². The van der Waals surface area contributed by atoms with Gasteiger partial charge in [0.25, 0.3) is 0 Å². The zero-order chi connectivity index (χ0) is 14.3.